The van der Waals surface area contributed by atoms with Crippen LogP contribution in [0.5, 0.6) is 0 Å². The van der Waals surface area contributed by atoms with E-state index in [1.807, 2.05) is 13.8 Å². The van der Waals surface area contributed by atoms with Crippen molar-refractivity contribution in [3.8, 4) is 0 Å². The molecular formula is C22H41NO8. The number of hydrogen-bond donors (Lipinski definition) is 1. The van der Waals surface area contributed by atoms with E-state index in [4.69, 9.17) is 18.9 Å². The van der Waals surface area contributed by atoms with E-state index < -0.39 is 12.1 Å². The minimum atomic E-state index is -0.507. The van der Waals surface area contributed by atoms with Crippen LogP contribution in [0.4, 0.5) is 4.79 Å². The summed E-state index contributed by atoms with van der Waals surface area (Å²) in [5.41, 5.74) is 0.403. The molecule has 0 radical (unpaired) electrons. The van der Waals surface area contributed by atoms with Gasteiger partial charge in [-0.2, -0.15) is 0 Å². The second-order valence-electron chi connectivity index (χ2n) is 7.29. The van der Waals surface area contributed by atoms with E-state index in [1.54, 1.807) is 6.92 Å². The van der Waals surface area contributed by atoms with Crippen LogP contribution in [0.15, 0.2) is 24.8 Å². The zero-order chi connectivity index (χ0) is 24.1. The Bertz CT molecular complexity index is 538. The summed E-state index contributed by atoms with van der Waals surface area (Å²) in [6.07, 6.45) is 0.565. The summed E-state index contributed by atoms with van der Waals surface area (Å²) in [6, 6.07) is 0. The Balaban J connectivity index is -0.000000511. The van der Waals surface area contributed by atoms with Crippen molar-refractivity contribution in [2.24, 2.45) is 11.8 Å². The first-order chi connectivity index (χ1) is 14.6. The van der Waals surface area contributed by atoms with Gasteiger partial charge in [-0.3, -0.25) is 0 Å². The molecule has 0 saturated heterocycles. The van der Waals surface area contributed by atoms with Crippen molar-refractivity contribution in [1.82, 2.24) is 5.32 Å². The van der Waals surface area contributed by atoms with Gasteiger partial charge in [-0.1, -0.05) is 40.9 Å². The van der Waals surface area contributed by atoms with Gasteiger partial charge in [0.25, 0.3) is 0 Å². The molecular weight excluding hydrogens is 406 g/mol. The summed E-state index contributed by atoms with van der Waals surface area (Å²) in [5, 5.41) is 2.44. The lowest BCUT2D eigenvalue weighted by molar-refractivity contribution is -0.140. The van der Waals surface area contributed by atoms with E-state index in [2.05, 4.69) is 37.1 Å². The second kappa shape index (κ2) is 20.9. The smallest absolute Gasteiger partial charge is 0.407 e. The molecule has 0 fully saturated rings. The maximum absolute atomic E-state index is 11.0. The molecule has 0 spiro atoms. The molecule has 0 aromatic heterocycles. The van der Waals surface area contributed by atoms with Crippen LogP contribution in [0.1, 0.15) is 36.0 Å². The number of alkyl carbamates (subject to hydrolysis) is 1. The molecule has 0 saturated carbocycles. The summed E-state index contributed by atoms with van der Waals surface area (Å²) >= 11 is 0. The van der Waals surface area contributed by atoms with E-state index in [1.165, 1.54) is 0 Å². The highest BCUT2D eigenvalue weighted by Gasteiger charge is 2.03. The van der Waals surface area contributed by atoms with Crippen LogP contribution in [-0.4, -0.2) is 70.8 Å². The fraction of sp³-hybridized carbons (Fsp3) is 0.682. The fourth-order valence-corrected chi connectivity index (χ4v) is 1.51. The molecule has 1 N–H and O–H groups in total. The van der Waals surface area contributed by atoms with E-state index in [-0.39, 0.29) is 27.2 Å². The van der Waals surface area contributed by atoms with E-state index in [9.17, 15) is 14.4 Å². The molecule has 0 aromatic rings. The number of carbonyl (C=O) groups is 3. The summed E-state index contributed by atoms with van der Waals surface area (Å²) in [6.45, 7) is 19.6. The van der Waals surface area contributed by atoms with Crippen molar-refractivity contribution < 1.29 is 39.5 Å². The Hall–Kier alpha value is -2.39. The van der Waals surface area contributed by atoms with Gasteiger partial charge < -0.3 is 29.0 Å². The Morgan fingerprint density at radius 1 is 0.871 bits per heavy atom. The molecule has 0 heterocycles. The maximum atomic E-state index is 11.0. The van der Waals surface area contributed by atoms with Crippen LogP contribution in [-0.2, 0) is 33.3 Å². The quantitative estimate of drug-likeness (QED) is 0.176. The highest BCUT2D eigenvalue weighted by molar-refractivity contribution is 5.86. The zero-order valence-corrected chi connectivity index (χ0v) is 19.6. The van der Waals surface area contributed by atoms with Crippen molar-refractivity contribution >= 4 is 18.0 Å². The van der Waals surface area contributed by atoms with Gasteiger partial charge in [0, 0.05) is 19.7 Å². The van der Waals surface area contributed by atoms with Gasteiger partial charge in [-0.05, 0) is 18.8 Å². The van der Waals surface area contributed by atoms with Gasteiger partial charge in [-0.25, -0.2) is 14.4 Å². The molecule has 0 atom stereocenters. The van der Waals surface area contributed by atoms with Gasteiger partial charge >= 0.3 is 18.0 Å². The van der Waals surface area contributed by atoms with Crippen LogP contribution in [0.2, 0.25) is 0 Å². The summed E-state index contributed by atoms with van der Waals surface area (Å²) < 4.78 is 24.8. The number of ether oxygens (including phenoxy) is 5. The highest BCUT2D eigenvalue weighted by Crippen LogP contribution is 1.94. The zero-order valence-electron chi connectivity index (χ0n) is 19.6. The molecule has 0 aliphatic rings. The molecule has 0 unspecified atom stereocenters. The average molecular weight is 448 g/mol. The lowest BCUT2D eigenvalue weighted by Gasteiger charge is -2.08. The van der Waals surface area contributed by atoms with Gasteiger partial charge in [-0.15, -0.1) is 0 Å². The third-order valence-electron chi connectivity index (χ3n) is 2.96. The second-order valence-corrected chi connectivity index (χ2v) is 7.29. The molecule has 0 rings (SSSR count). The molecule has 0 aliphatic heterocycles. The normalized spacial score (nSPS) is 10.0. The standard InChI is InChI=1S/C12H22O4.C10H17NO4.H2/c1-10(2)9-15-6-5-14-7-8-16-12(13)11(3)4;1-4-9(12)14-6-5-11-10(13)15-7-8(2)3;/h10H,3,5-9H2,1-2,4H3;4,8H,1,5-7H2,2-3H3,(H,11,13);1H. The maximum Gasteiger partial charge on any atom is 0.407 e. The van der Waals surface area contributed by atoms with Crippen molar-refractivity contribution in [2.75, 3.05) is 52.8 Å². The molecule has 0 aromatic carbocycles. The monoisotopic (exact) mass is 447 g/mol. The Labute approximate surface area is 187 Å². The number of carbonyl (C=O) groups excluding carboxylic acids is 3. The molecule has 0 aliphatic carbocycles. The Morgan fingerprint density at radius 2 is 1.45 bits per heavy atom. The van der Waals surface area contributed by atoms with Crippen molar-refractivity contribution in [2.45, 2.75) is 34.6 Å². The van der Waals surface area contributed by atoms with Gasteiger partial charge in [0.15, 0.2) is 0 Å². The van der Waals surface area contributed by atoms with Crippen LogP contribution in [0.3, 0.4) is 0 Å². The molecule has 9 heteroatoms. The third-order valence-corrected chi connectivity index (χ3v) is 2.96. The van der Waals surface area contributed by atoms with Crippen molar-refractivity contribution in [3.05, 3.63) is 24.8 Å². The predicted molar refractivity (Wildman–Crippen MR) is 120 cm³/mol. The Morgan fingerprint density at radius 3 is 2.00 bits per heavy atom. The summed E-state index contributed by atoms with van der Waals surface area (Å²) in [7, 11) is 0. The van der Waals surface area contributed by atoms with Crippen LogP contribution < -0.4 is 5.32 Å². The molecule has 182 valence electrons. The van der Waals surface area contributed by atoms with Crippen LogP contribution in [0.25, 0.3) is 0 Å². The molecule has 1 amide bonds. The molecule has 31 heavy (non-hydrogen) atoms. The lowest BCUT2D eigenvalue weighted by Crippen LogP contribution is -2.29. The fourth-order valence-electron chi connectivity index (χ4n) is 1.51. The lowest BCUT2D eigenvalue weighted by atomic mass is 10.2. The van der Waals surface area contributed by atoms with Gasteiger partial charge in [0.05, 0.1) is 33.0 Å². The van der Waals surface area contributed by atoms with E-state index >= 15 is 0 Å². The predicted octanol–water partition coefficient (Wildman–Crippen LogP) is 3.14. The largest absolute Gasteiger partial charge is 0.461 e. The highest BCUT2D eigenvalue weighted by atomic mass is 16.6. The van der Waals surface area contributed by atoms with Crippen molar-refractivity contribution in [3.63, 3.8) is 0 Å². The van der Waals surface area contributed by atoms with Gasteiger partial charge in [0.1, 0.15) is 13.2 Å². The summed E-state index contributed by atoms with van der Waals surface area (Å²) in [4.78, 5) is 32.5. The number of rotatable bonds is 15. The summed E-state index contributed by atoms with van der Waals surface area (Å²) in [5.74, 6) is -0.0436. The van der Waals surface area contributed by atoms with Crippen LogP contribution >= 0.6 is 0 Å². The minimum absolute atomic E-state index is 0. The number of esters is 2. The first-order valence-electron chi connectivity index (χ1n) is 10.3. The van der Waals surface area contributed by atoms with Crippen LogP contribution in [0, 0.1) is 11.8 Å². The van der Waals surface area contributed by atoms with Gasteiger partial charge in [0.2, 0.25) is 0 Å². The topological polar surface area (TPSA) is 109 Å². The molecule has 0 bridgehead atoms. The first-order valence-corrected chi connectivity index (χ1v) is 10.3. The van der Waals surface area contributed by atoms with E-state index in [0.717, 1.165) is 12.7 Å². The van der Waals surface area contributed by atoms with E-state index in [0.29, 0.717) is 43.8 Å². The number of amides is 1. The minimum Gasteiger partial charge on any atom is -0.461 e. The number of nitrogens with one attached hydrogen (secondary N) is 1. The molecule has 9 nitrogen and oxygen atoms in total. The number of hydrogen-bond acceptors (Lipinski definition) is 8. The SMILES string of the molecule is C=C(C)C(=O)OCCOCCOCC(C)C.C=CC(=O)OCCNC(=O)OCC(C)C.[HH]. The average Bonchev–Trinajstić information content (AvgIpc) is 2.71. The Kier molecular flexibility index (Phi) is 20.7. The third kappa shape index (κ3) is 25.6. The first kappa shape index (κ1) is 30.8. The van der Waals surface area contributed by atoms with Crippen molar-refractivity contribution in [1.29, 1.82) is 0 Å².